The molecule has 3 aromatic carbocycles. The number of halogens is 3. The number of thioether (sulfide) groups is 1. The summed E-state index contributed by atoms with van der Waals surface area (Å²) in [6, 6.07) is 16.7. The summed E-state index contributed by atoms with van der Waals surface area (Å²) in [7, 11) is 1.49. The normalized spacial score (nSPS) is 14.7. The van der Waals surface area contributed by atoms with Gasteiger partial charge in [0.05, 0.1) is 23.6 Å². The first-order valence-corrected chi connectivity index (χ1v) is 11.7. The Bertz CT molecular complexity index is 1280. The molecule has 0 spiro atoms. The van der Waals surface area contributed by atoms with Gasteiger partial charge in [0.1, 0.15) is 12.4 Å². The first kappa shape index (κ1) is 24.1. The molecule has 5 nitrogen and oxygen atoms in total. The molecule has 0 unspecified atom stereocenters. The topological polar surface area (TPSA) is 55.8 Å². The molecule has 0 N–H and O–H groups in total. The highest BCUT2D eigenvalue weighted by Gasteiger charge is 2.35. The molecule has 0 radical (unpaired) electrons. The molecule has 0 atom stereocenters. The number of nitrogens with zero attached hydrogens (tertiary/aromatic N) is 1. The predicted molar refractivity (Wildman–Crippen MR) is 132 cm³/mol. The summed E-state index contributed by atoms with van der Waals surface area (Å²) in [6.45, 7) is 0.249. The van der Waals surface area contributed by atoms with E-state index in [0.717, 1.165) is 28.3 Å². The molecular formula is C25H18Cl2FNO4S. The first-order valence-electron chi connectivity index (χ1n) is 10.1. The molecule has 174 valence electrons. The zero-order valence-electron chi connectivity index (χ0n) is 17.9. The van der Waals surface area contributed by atoms with Crippen LogP contribution in [0, 0.1) is 5.82 Å². The summed E-state index contributed by atoms with van der Waals surface area (Å²) in [5, 5.41) is 0.00186. The van der Waals surface area contributed by atoms with Crippen LogP contribution in [-0.2, 0) is 17.9 Å². The number of hydrogen-bond donors (Lipinski definition) is 0. The molecule has 1 aliphatic heterocycles. The first-order chi connectivity index (χ1) is 16.4. The largest absolute Gasteiger partial charge is 0.493 e. The molecule has 0 aliphatic carbocycles. The molecule has 0 saturated carbocycles. The van der Waals surface area contributed by atoms with Gasteiger partial charge in [0.15, 0.2) is 11.5 Å². The van der Waals surface area contributed by atoms with Crippen LogP contribution < -0.4 is 9.47 Å². The highest BCUT2D eigenvalue weighted by molar-refractivity contribution is 8.18. The minimum Gasteiger partial charge on any atom is -0.493 e. The molecule has 1 saturated heterocycles. The number of imide groups is 1. The van der Waals surface area contributed by atoms with Gasteiger partial charge >= 0.3 is 0 Å². The fraction of sp³-hybridized carbons (Fsp3) is 0.120. The van der Waals surface area contributed by atoms with E-state index in [1.165, 1.54) is 19.2 Å². The lowest BCUT2D eigenvalue weighted by atomic mass is 10.1. The van der Waals surface area contributed by atoms with Gasteiger partial charge in [0.25, 0.3) is 11.1 Å². The maximum Gasteiger partial charge on any atom is 0.293 e. The molecule has 1 aliphatic rings. The van der Waals surface area contributed by atoms with E-state index in [-0.39, 0.29) is 16.5 Å². The summed E-state index contributed by atoms with van der Waals surface area (Å²) in [6.07, 6.45) is 1.56. The van der Waals surface area contributed by atoms with Crippen LogP contribution >= 0.6 is 35.0 Å². The van der Waals surface area contributed by atoms with Crippen LogP contribution in [0.5, 0.6) is 11.5 Å². The van der Waals surface area contributed by atoms with Gasteiger partial charge in [0, 0.05) is 5.02 Å². The van der Waals surface area contributed by atoms with E-state index in [4.69, 9.17) is 32.7 Å². The van der Waals surface area contributed by atoms with Gasteiger partial charge in [-0.1, -0.05) is 59.6 Å². The van der Waals surface area contributed by atoms with E-state index >= 15 is 0 Å². The smallest absolute Gasteiger partial charge is 0.293 e. The Hall–Kier alpha value is -3.00. The van der Waals surface area contributed by atoms with Gasteiger partial charge in [-0.25, -0.2) is 4.39 Å². The van der Waals surface area contributed by atoms with Crippen molar-refractivity contribution in [2.45, 2.75) is 13.2 Å². The van der Waals surface area contributed by atoms with Crippen molar-refractivity contribution in [3.63, 3.8) is 0 Å². The second kappa shape index (κ2) is 10.5. The van der Waals surface area contributed by atoms with Crippen LogP contribution in [0.3, 0.4) is 0 Å². The lowest BCUT2D eigenvalue weighted by Crippen LogP contribution is -2.27. The third-order valence-electron chi connectivity index (χ3n) is 4.99. The maximum atomic E-state index is 13.3. The third-order valence-corrected chi connectivity index (χ3v) is 6.53. The van der Waals surface area contributed by atoms with Gasteiger partial charge in [-0.15, -0.1) is 0 Å². The van der Waals surface area contributed by atoms with E-state index in [0.29, 0.717) is 34.3 Å². The summed E-state index contributed by atoms with van der Waals surface area (Å²) >= 11 is 13.3. The predicted octanol–water partition coefficient (Wildman–Crippen LogP) is 6.96. The highest BCUT2D eigenvalue weighted by atomic mass is 35.5. The number of amides is 2. The van der Waals surface area contributed by atoms with E-state index in [1.54, 1.807) is 18.2 Å². The van der Waals surface area contributed by atoms with Crippen molar-refractivity contribution < 1.29 is 23.5 Å². The van der Waals surface area contributed by atoms with E-state index in [1.807, 2.05) is 30.3 Å². The van der Waals surface area contributed by atoms with Crippen LogP contribution in [-0.4, -0.2) is 23.2 Å². The molecular weight excluding hydrogens is 500 g/mol. The molecule has 1 fully saturated rings. The van der Waals surface area contributed by atoms with Crippen molar-refractivity contribution in [3.8, 4) is 11.5 Å². The molecule has 0 aromatic heterocycles. The summed E-state index contributed by atoms with van der Waals surface area (Å²) < 4.78 is 24.6. The number of ether oxygens (including phenoxy) is 2. The fourth-order valence-electron chi connectivity index (χ4n) is 3.30. The zero-order chi connectivity index (χ0) is 24.2. The van der Waals surface area contributed by atoms with Gasteiger partial charge in [0.2, 0.25) is 0 Å². The average molecular weight is 518 g/mol. The van der Waals surface area contributed by atoms with Crippen molar-refractivity contribution in [1.29, 1.82) is 0 Å². The number of hydrogen-bond acceptors (Lipinski definition) is 5. The number of carbonyl (C=O) groups is 2. The Morgan fingerprint density at radius 2 is 1.79 bits per heavy atom. The third kappa shape index (κ3) is 5.38. The summed E-state index contributed by atoms with van der Waals surface area (Å²) in [5.74, 6) is -0.198. The van der Waals surface area contributed by atoms with Crippen LogP contribution in [0.25, 0.3) is 6.08 Å². The monoisotopic (exact) mass is 517 g/mol. The second-order valence-corrected chi connectivity index (χ2v) is 9.12. The van der Waals surface area contributed by atoms with Crippen molar-refractivity contribution in [2.75, 3.05) is 7.11 Å². The van der Waals surface area contributed by atoms with Gasteiger partial charge < -0.3 is 9.47 Å². The summed E-state index contributed by atoms with van der Waals surface area (Å²) in [4.78, 5) is 26.6. The van der Waals surface area contributed by atoms with Crippen molar-refractivity contribution >= 4 is 52.2 Å². The number of carbonyl (C=O) groups excluding carboxylic acids is 2. The fourth-order valence-corrected chi connectivity index (χ4v) is 4.64. The SMILES string of the molecule is COc1cc(/C=C2\SC(=O)N(Cc3ccc(F)cc3Cl)C2=O)cc(Cl)c1OCc1ccccc1. The Morgan fingerprint density at radius 1 is 1.03 bits per heavy atom. The Kier molecular flexibility index (Phi) is 7.46. The molecule has 4 rings (SSSR count). The van der Waals surface area contributed by atoms with Crippen LogP contribution in [0.2, 0.25) is 10.0 Å². The highest BCUT2D eigenvalue weighted by Crippen LogP contribution is 2.39. The van der Waals surface area contributed by atoms with Gasteiger partial charge in [-0.2, -0.15) is 0 Å². The maximum absolute atomic E-state index is 13.3. The Labute approximate surface area is 210 Å². The second-order valence-electron chi connectivity index (χ2n) is 7.31. The van der Waals surface area contributed by atoms with Crippen molar-refractivity contribution in [3.05, 3.63) is 98.1 Å². The van der Waals surface area contributed by atoms with Gasteiger partial charge in [-0.3, -0.25) is 14.5 Å². The number of methoxy groups -OCH3 is 1. The number of benzene rings is 3. The van der Waals surface area contributed by atoms with Gasteiger partial charge in [-0.05, 0) is 58.8 Å². The zero-order valence-corrected chi connectivity index (χ0v) is 20.2. The molecule has 34 heavy (non-hydrogen) atoms. The average Bonchev–Trinajstić information content (AvgIpc) is 3.07. The lowest BCUT2D eigenvalue weighted by Gasteiger charge is -2.14. The molecule has 2 amide bonds. The van der Waals surface area contributed by atoms with Crippen LogP contribution in [0.1, 0.15) is 16.7 Å². The standard InChI is InChI=1S/C25H18Cl2FNO4S/c1-32-21-10-16(9-20(27)23(21)33-14-15-5-3-2-4-6-15)11-22-24(30)29(25(31)34-22)13-17-7-8-18(28)12-19(17)26/h2-12H,13-14H2,1H3/b22-11-. The van der Waals surface area contributed by atoms with Crippen molar-refractivity contribution in [2.24, 2.45) is 0 Å². The van der Waals surface area contributed by atoms with E-state index in [9.17, 15) is 14.0 Å². The Morgan fingerprint density at radius 3 is 2.50 bits per heavy atom. The number of rotatable bonds is 7. The minimum absolute atomic E-state index is 0.0581. The van der Waals surface area contributed by atoms with Crippen LogP contribution in [0.15, 0.2) is 65.6 Å². The quantitative estimate of drug-likeness (QED) is 0.317. The van der Waals surface area contributed by atoms with Crippen LogP contribution in [0.4, 0.5) is 9.18 Å². The molecule has 9 heteroatoms. The summed E-state index contributed by atoms with van der Waals surface area (Å²) in [5.41, 5.74) is 2.01. The van der Waals surface area contributed by atoms with Crippen molar-refractivity contribution in [1.82, 2.24) is 4.90 Å². The Balaban J connectivity index is 1.54. The molecule has 1 heterocycles. The minimum atomic E-state index is -0.496. The molecule has 3 aromatic rings. The lowest BCUT2D eigenvalue weighted by molar-refractivity contribution is -0.123. The van der Waals surface area contributed by atoms with E-state index < -0.39 is 17.0 Å². The molecule has 0 bridgehead atoms. The van der Waals surface area contributed by atoms with E-state index in [2.05, 4.69) is 0 Å².